The minimum absolute atomic E-state index is 0. The zero-order chi connectivity index (χ0) is 49.9. The number of rotatable bonds is 14. The molecule has 0 saturated heterocycles. The van der Waals surface area contributed by atoms with Gasteiger partial charge in [-0.15, -0.1) is 34.0 Å². The van der Waals surface area contributed by atoms with Gasteiger partial charge in [0.25, 0.3) is 0 Å². The molecule has 6 aromatic carbocycles. The number of nitrogens with zero attached hydrogens (tertiary/aromatic N) is 4. The largest absolute Gasteiger partial charge is 0.493 e. The first-order chi connectivity index (χ1) is 33.7. The van der Waals surface area contributed by atoms with E-state index < -0.39 is 0 Å². The number of carbonyl (C=O) groups excluding carboxylic acids is 2. The van der Waals surface area contributed by atoms with Crippen LogP contribution in [0.3, 0.4) is 0 Å². The first-order valence-electron chi connectivity index (χ1n) is 23.8. The van der Waals surface area contributed by atoms with Crippen LogP contribution in [0.1, 0.15) is 122 Å². The first-order valence-corrected chi connectivity index (χ1v) is 23.8. The molecule has 387 valence electrons. The van der Waals surface area contributed by atoms with Crippen LogP contribution < -0.4 is 0 Å². The molecule has 0 amide bonds. The molecule has 0 unspecified atom stereocenters. The van der Waals surface area contributed by atoms with Gasteiger partial charge in [-0.3, -0.25) is 19.6 Å². The van der Waals surface area contributed by atoms with Crippen molar-refractivity contribution in [2.24, 2.45) is 9.98 Å². The zero-order valence-corrected chi connectivity index (χ0v) is 48.1. The van der Waals surface area contributed by atoms with Crippen molar-refractivity contribution in [3.63, 3.8) is 0 Å². The first kappa shape index (κ1) is 62.2. The fraction of sp³-hybridized carbons (Fsp3) is 0.194. The number of para-hydroxylation sites is 2. The SMILES string of the molecule is Br.Br.CC(C)c1cccc(C(C)C)c1N=CC(=O)c1cc(-c2ccccc2)nc(O)c1-c1ccccc1.CC(C)c1cccc(C(C)C)c1N=CC(=O)c1cc(-c2ccccc2)nc(O)c1-c1ccccc1.[Co].[Ni]. The van der Waals surface area contributed by atoms with Crippen molar-refractivity contribution in [1.82, 2.24) is 9.97 Å². The molecule has 2 aromatic heterocycles. The number of carbonyl (C=O) groups is 2. The van der Waals surface area contributed by atoms with Gasteiger partial charge in [0.1, 0.15) is 0 Å². The maximum atomic E-state index is 13.6. The summed E-state index contributed by atoms with van der Waals surface area (Å²) < 4.78 is 0. The third-order valence-electron chi connectivity index (χ3n) is 12.1. The van der Waals surface area contributed by atoms with Gasteiger partial charge in [0, 0.05) is 55.5 Å². The number of ketones is 2. The number of halogens is 2. The Hall–Kier alpha value is -6.14. The molecule has 8 aromatic rings. The molecular weight excluding hydrogens is 1140 g/mol. The summed E-state index contributed by atoms with van der Waals surface area (Å²) in [6.07, 6.45) is 2.76. The maximum absolute atomic E-state index is 13.6. The summed E-state index contributed by atoms with van der Waals surface area (Å²) in [5.41, 5.74) is 11.8. The van der Waals surface area contributed by atoms with Crippen LogP contribution in [-0.2, 0) is 33.3 Å². The van der Waals surface area contributed by atoms with Crippen molar-refractivity contribution < 1.29 is 53.1 Å². The Labute approximate surface area is 477 Å². The molecule has 74 heavy (non-hydrogen) atoms. The predicted octanol–water partition coefficient (Wildman–Crippen LogP) is 17.1. The van der Waals surface area contributed by atoms with E-state index in [1.165, 1.54) is 12.4 Å². The van der Waals surface area contributed by atoms with Crippen LogP contribution in [0.25, 0.3) is 44.8 Å². The number of aromatic nitrogens is 2. The predicted molar refractivity (Wildman–Crippen MR) is 308 cm³/mol. The second-order valence-corrected chi connectivity index (χ2v) is 18.4. The van der Waals surface area contributed by atoms with Crippen molar-refractivity contribution in [3.05, 3.63) is 203 Å². The van der Waals surface area contributed by atoms with Crippen molar-refractivity contribution in [2.45, 2.75) is 79.1 Å². The standard InChI is InChI=1S/2C31H30N2O2.2BrH.Co.Ni/c2*1-20(2)24-16-11-17-25(21(3)4)30(24)32-19-28(34)26-18-27(22-12-7-5-8-13-22)33-31(35)29(26)23-14-9-6-10-15-23;;;;/h2*5-21H,1-4H3,(H,33,35);2*1H;;. The number of Topliss-reactive ketones (excluding diaryl/α,β-unsaturated/α-hetero) is 2. The van der Waals surface area contributed by atoms with Crippen LogP contribution in [0.4, 0.5) is 11.4 Å². The molecule has 2 heterocycles. The number of hydrogen-bond acceptors (Lipinski definition) is 8. The van der Waals surface area contributed by atoms with Gasteiger partial charge in [-0.2, -0.15) is 0 Å². The molecule has 1 radical (unpaired) electrons. The molecule has 0 fully saturated rings. The number of aromatic hydroxyl groups is 2. The maximum Gasteiger partial charge on any atom is 0.220 e. The molecule has 0 aliphatic heterocycles. The third kappa shape index (κ3) is 15.0. The molecule has 0 saturated carbocycles. The summed E-state index contributed by atoms with van der Waals surface area (Å²) >= 11 is 0. The second kappa shape index (κ2) is 29.1. The van der Waals surface area contributed by atoms with E-state index in [0.29, 0.717) is 33.6 Å². The topological polar surface area (TPSA) is 125 Å². The Bertz CT molecular complexity index is 2910. The van der Waals surface area contributed by atoms with Gasteiger partial charge in [-0.25, -0.2) is 9.97 Å². The van der Waals surface area contributed by atoms with E-state index in [2.05, 4.69) is 89.6 Å². The summed E-state index contributed by atoms with van der Waals surface area (Å²) in [6.45, 7) is 17.0. The van der Waals surface area contributed by atoms with Gasteiger partial charge in [0.05, 0.1) is 46.3 Å². The third-order valence-corrected chi connectivity index (χ3v) is 12.1. The summed E-state index contributed by atoms with van der Waals surface area (Å²) in [4.78, 5) is 45.5. The van der Waals surface area contributed by atoms with Crippen LogP contribution in [0.5, 0.6) is 11.8 Å². The normalized spacial score (nSPS) is 10.9. The monoisotopic (exact) mass is 1200 g/mol. The van der Waals surface area contributed by atoms with E-state index in [4.69, 9.17) is 9.98 Å². The molecule has 12 heteroatoms. The van der Waals surface area contributed by atoms with Gasteiger partial charge in [0.15, 0.2) is 0 Å². The quantitative estimate of drug-likeness (QED) is 0.0635. The van der Waals surface area contributed by atoms with E-state index in [-0.39, 0.29) is 114 Å². The average molecular weight is 1200 g/mol. The fourth-order valence-corrected chi connectivity index (χ4v) is 8.45. The summed E-state index contributed by atoms with van der Waals surface area (Å²) in [5, 5.41) is 21.9. The number of hydrogen-bond donors (Lipinski definition) is 2. The van der Waals surface area contributed by atoms with Gasteiger partial charge < -0.3 is 10.2 Å². The number of aliphatic imine (C=N–C) groups is 2. The minimum atomic E-state index is -0.285. The van der Waals surface area contributed by atoms with Crippen LogP contribution in [0.2, 0.25) is 0 Å². The second-order valence-electron chi connectivity index (χ2n) is 18.4. The molecule has 0 spiro atoms. The minimum Gasteiger partial charge on any atom is -0.493 e. The Kier molecular flexibility index (Phi) is 24.4. The van der Waals surface area contributed by atoms with Gasteiger partial charge in [0.2, 0.25) is 23.3 Å². The Balaban J connectivity index is 0.000000370. The average Bonchev–Trinajstić information content (AvgIpc) is 3.37. The molecule has 2 N–H and O–H groups in total. The van der Waals surface area contributed by atoms with Crippen LogP contribution in [0.15, 0.2) is 180 Å². The zero-order valence-electron chi connectivity index (χ0n) is 42.6. The Morgan fingerprint density at radius 1 is 0.419 bits per heavy atom. The molecule has 0 aliphatic carbocycles. The van der Waals surface area contributed by atoms with Gasteiger partial charge in [-0.05, 0) is 69.2 Å². The van der Waals surface area contributed by atoms with Crippen LogP contribution >= 0.6 is 34.0 Å². The van der Waals surface area contributed by atoms with Crippen molar-refractivity contribution in [2.75, 3.05) is 0 Å². The summed E-state index contributed by atoms with van der Waals surface area (Å²) in [6, 6.07) is 53.6. The molecule has 0 bridgehead atoms. The van der Waals surface area contributed by atoms with E-state index >= 15 is 0 Å². The van der Waals surface area contributed by atoms with Crippen molar-refractivity contribution in [3.8, 4) is 56.5 Å². The van der Waals surface area contributed by atoms with Gasteiger partial charge >= 0.3 is 0 Å². The van der Waals surface area contributed by atoms with Crippen LogP contribution in [-0.4, -0.2) is 44.2 Å². The van der Waals surface area contributed by atoms with E-state index in [0.717, 1.165) is 55.9 Å². The molecule has 8 nitrogen and oxygen atoms in total. The van der Waals surface area contributed by atoms with Crippen molar-refractivity contribution >= 4 is 69.3 Å². The molecule has 0 aliphatic rings. The molecular formula is C62H62Br2CoN4NiO4. The fourth-order valence-electron chi connectivity index (χ4n) is 8.45. The van der Waals surface area contributed by atoms with E-state index in [1.807, 2.05) is 133 Å². The number of benzene rings is 6. The Morgan fingerprint density at radius 2 is 0.676 bits per heavy atom. The summed E-state index contributed by atoms with van der Waals surface area (Å²) in [7, 11) is 0. The Morgan fingerprint density at radius 3 is 0.932 bits per heavy atom. The van der Waals surface area contributed by atoms with Crippen molar-refractivity contribution in [1.29, 1.82) is 0 Å². The number of pyridine rings is 2. The van der Waals surface area contributed by atoms with Gasteiger partial charge in [-0.1, -0.05) is 213 Å². The smallest absolute Gasteiger partial charge is 0.220 e. The van der Waals surface area contributed by atoms with E-state index in [9.17, 15) is 19.8 Å². The molecule has 0 atom stereocenters. The van der Waals surface area contributed by atoms with Crippen LogP contribution in [0, 0.1) is 0 Å². The summed E-state index contributed by atoms with van der Waals surface area (Å²) in [5.74, 6) is 0.144. The van der Waals surface area contributed by atoms with E-state index in [1.54, 1.807) is 12.1 Å². The molecule has 8 rings (SSSR count).